The molecule has 0 atom stereocenters. The maximum atomic E-state index is 12.6. The first-order valence-corrected chi connectivity index (χ1v) is 8.21. The highest BCUT2D eigenvalue weighted by atomic mass is 16.2. The monoisotopic (exact) mass is 349 g/mol. The second kappa shape index (κ2) is 7.18. The SMILES string of the molecule is CCn1nc(C(=O)N/N=C(/C)c2cccc(N)c2)c2ccccc2c1=O. The molecule has 0 bridgehead atoms. The van der Waals surface area contributed by atoms with E-state index < -0.39 is 5.91 Å². The van der Waals surface area contributed by atoms with E-state index in [4.69, 9.17) is 5.73 Å². The summed E-state index contributed by atoms with van der Waals surface area (Å²) >= 11 is 0. The molecule has 0 saturated carbocycles. The summed E-state index contributed by atoms with van der Waals surface area (Å²) in [5.74, 6) is -0.480. The van der Waals surface area contributed by atoms with Crippen molar-refractivity contribution in [1.29, 1.82) is 0 Å². The molecule has 0 fully saturated rings. The Morgan fingerprint density at radius 3 is 2.62 bits per heavy atom. The number of hydrogen-bond acceptors (Lipinski definition) is 5. The zero-order valence-electron chi connectivity index (χ0n) is 14.6. The molecule has 0 aliphatic rings. The lowest BCUT2D eigenvalue weighted by atomic mass is 10.1. The maximum absolute atomic E-state index is 12.6. The van der Waals surface area contributed by atoms with E-state index in [1.807, 2.05) is 12.1 Å². The summed E-state index contributed by atoms with van der Waals surface area (Å²) in [5, 5.41) is 9.26. The number of hydrazone groups is 1. The summed E-state index contributed by atoms with van der Waals surface area (Å²) in [5.41, 5.74) is 10.2. The van der Waals surface area contributed by atoms with E-state index >= 15 is 0 Å². The number of nitrogen functional groups attached to an aromatic ring is 1. The summed E-state index contributed by atoms with van der Waals surface area (Å²) in [6.45, 7) is 3.94. The van der Waals surface area contributed by atoms with Crippen LogP contribution in [0.25, 0.3) is 10.8 Å². The summed E-state index contributed by atoms with van der Waals surface area (Å²) in [4.78, 5) is 25.0. The van der Waals surface area contributed by atoms with Crippen LogP contribution in [0.5, 0.6) is 0 Å². The summed E-state index contributed by atoms with van der Waals surface area (Å²) < 4.78 is 1.27. The Bertz CT molecular complexity index is 1070. The lowest BCUT2D eigenvalue weighted by Gasteiger charge is -2.09. The quantitative estimate of drug-likeness (QED) is 0.428. The number of amides is 1. The molecule has 0 aliphatic carbocycles. The van der Waals surface area contributed by atoms with Crippen LogP contribution in [0.3, 0.4) is 0 Å². The zero-order chi connectivity index (χ0) is 18.7. The number of nitrogens with zero attached hydrogens (tertiary/aromatic N) is 3. The first kappa shape index (κ1) is 17.3. The number of fused-ring (bicyclic) bond motifs is 1. The molecule has 7 heteroatoms. The van der Waals surface area contributed by atoms with Crippen molar-refractivity contribution in [2.75, 3.05) is 5.73 Å². The number of rotatable bonds is 4. The van der Waals surface area contributed by atoms with Gasteiger partial charge in [-0.25, -0.2) is 10.1 Å². The van der Waals surface area contributed by atoms with Gasteiger partial charge in [-0.3, -0.25) is 9.59 Å². The Morgan fingerprint density at radius 1 is 1.19 bits per heavy atom. The lowest BCUT2D eigenvalue weighted by Crippen LogP contribution is -2.28. The molecule has 1 heterocycles. The van der Waals surface area contributed by atoms with Gasteiger partial charge in [0, 0.05) is 17.6 Å². The topological polar surface area (TPSA) is 102 Å². The fourth-order valence-corrected chi connectivity index (χ4v) is 2.63. The van der Waals surface area contributed by atoms with Gasteiger partial charge in [0.2, 0.25) is 0 Å². The van der Waals surface area contributed by atoms with Gasteiger partial charge in [0.05, 0.1) is 11.1 Å². The van der Waals surface area contributed by atoms with Gasteiger partial charge < -0.3 is 5.73 Å². The van der Waals surface area contributed by atoms with Crippen molar-refractivity contribution < 1.29 is 4.79 Å². The van der Waals surface area contributed by atoms with Gasteiger partial charge in [0.1, 0.15) is 0 Å². The predicted octanol–water partition coefficient (Wildman–Crippen LogP) is 2.15. The molecule has 0 saturated heterocycles. The second-order valence-electron chi connectivity index (χ2n) is 5.78. The highest BCUT2D eigenvalue weighted by molar-refractivity contribution is 6.06. The van der Waals surface area contributed by atoms with Crippen LogP contribution in [0.4, 0.5) is 5.69 Å². The zero-order valence-corrected chi connectivity index (χ0v) is 14.6. The van der Waals surface area contributed by atoms with Gasteiger partial charge in [0.15, 0.2) is 5.69 Å². The highest BCUT2D eigenvalue weighted by Crippen LogP contribution is 2.13. The van der Waals surface area contributed by atoms with E-state index in [2.05, 4.69) is 15.6 Å². The van der Waals surface area contributed by atoms with E-state index in [-0.39, 0.29) is 11.3 Å². The number of benzene rings is 2. The first-order chi connectivity index (χ1) is 12.5. The normalized spacial score (nSPS) is 11.5. The highest BCUT2D eigenvalue weighted by Gasteiger charge is 2.16. The maximum Gasteiger partial charge on any atom is 0.292 e. The minimum Gasteiger partial charge on any atom is -0.399 e. The number of aromatic nitrogens is 2. The number of carbonyl (C=O) groups is 1. The molecule has 1 aromatic heterocycles. The Balaban J connectivity index is 1.97. The minimum absolute atomic E-state index is 0.158. The van der Waals surface area contributed by atoms with Crippen molar-refractivity contribution in [2.24, 2.45) is 5.10 Å². The van der Waals surface area contributed by atoms with Crippen LogP contribution in [-0.4, -0.2) is 21.4 Å². The standard InChI is InChI=1S/C19H19N5O2/c1-3-24-19(26)16-10-5-4-9-15(16)17(23-24)18(25)22-21-12(2)13-7-6-8-14(20)11-13/h4-11H,3,20H2,1-2H3,(H,22,25)/b21-12-. The number of aryl methyl sites for hydroxylation is 1. The van der Waals surface area contributed by atoms with Crippen molar-refractivity contribution in [1.82, 2.24) is 15.2 Å². The van der Waals surface area contributed by atoms with Gasteiger partial charge in [0.25, 0.3) is 11.5 Å². The van der Waals surface area contributed by atoms with Gasteiger partial charge in [-0.1, -0.05) is 30.3 Å². The fraction of sp³-hybridized carbons (Fsp3) is 0.158. The average Bonchev–Trinajstić information content (AvgIpc) is 2.66. The number of nitrogens with one attached hydrogen (secondary N) is 1. The van der Waals surface area contributed by atoms with Crippen molar-refractivity contribution in [3.05, 3.63) is 70.1 Å². The molecule has 0 radical (unpaired) electrons. The van der Waals surface area contributed by atoms with Crippen LogP contribution in [0.2, 0.25) is 0 Å². The Kier molecular flexibility index (Phi) is 4.79. The fourth-order valence-electron chi connectivity index (χ4n) is 2.63. The number of nitrogens with two attached hydrogens (primary N) is 1. The summed E-state index contributed by atoms with van der Waals surface area (Å²) in [6, 6.07) is 14.1. The Morgan fingerprint density at radius 2 is 1.92 bits per heavy atom. The van der Waals surface area contributed by atoms with E-state index in [1.54, 1.807) is 50.2 Å². The van der Waals surface area contributed by atoms with E-state index in [1.165, 1.54) is 4.68 Å². The van der Waals surface area contributed by atoms with Crippen LogP contribution in [0, 0.1) is 0 Å². The molecule has 2 aromatic carbocycles. The van der Waals surface area contributed by atoms with Crippen LogP contribution >= 0.6 is 0 Å². The van der Waals surface area contributed by atoms with Crippen molar-refractivity contribution in [3.8, 4) is 0 Å². The molecule has 3 N–H and O–H groups in total. The third-order valence-electron chi connectivity index (χ3n) is 4.01. The molecule has 3 aromatic rings. The largest absolute Gasteiger partial charge is 0.399 e. The van der Waals surface area contributed by atoms with E-state index in [0.29, 0.717) is 28.7 Å². The number of carbonyl (C=O) groups excluding carboxylic acids is 1. The first-order valence-electron chi connectivity index (χ1n) is 8.21. The molecule has 7 nitrogen and oxygen atoms in total. The van der Waals surface area contributed by atoms with Crippen LogP contribution in [-0.2, 0) is 6.54 Å². The molecule has 3 rings (SSSR count). The molecule has 0 aliphatic heterocycles. The molecular weight excluding hydrogens is 330 g/mol. The van der Waals surface area contributed by atoms with Gasteiger partial charge in [-0.05, 0) is 37.6 Å². The van der Waals surface area contributed by atoms with Crippen LogP contribution in [0.15, 0.2) is 58.4 Å². The van der Waals surface area contributed by atoms with Crippen molar-refractivity contribution >= 4 is 28.1 Å². The van der Waals surface area contributed by atoms with Crippen LogP contribution in [0.1, 0.15) is 29.9 Å². The summed E-state index contributed by atoms with van der Waals surface area (Å²) in [6.07, 6.45) is 0. The molecule has 1 amide bonds. The van der Waals surface area contributed by atoms with Gasteiger partial charge >= 0.3 is 0 Å². The van der Waals surface area contributed by atoms with Crippen molar-refractivity contribution in [3.63, 3.8) is 0 Å². The molecule has 26 heavy (non-hydrogen) atoms. The van der Waals surface area contributed by atoms with Gasteiger partial charge in [-0.15, -0.1) is 0 Å². The molecule has 132 valence electrons. The molecule has 0 spiro atoms. The summed E-state index contributed by atoms with van der Waals surface area (Å²) in [7, 11) is 0. The third-order valence-corrected chi connectivity index (χ3v) is 4.01. The molecular formula is C19H19N5O2. The molecule has 0 unspecified atom stereocenters. The van der Waals surface area contributed by atoms with Crippen molar-refractivity contribution in [2.45, 2.75) is 20.4 Å². The Labute approximate surface area is 150 Å². The number of hydrogen-bond donors (Lipinski definition) is 2. The van der Waals surface area contributed by atoms with E-state index in [9.17, 15) is 9.59 Å². The number of anilines is 1. The minimum atomic E-state index is -0.480. The second-order valence-corrected chi connectivity index (χ2v) is 5.78. The smallest absolute Gasteiger partial charge is 0.292 e. The average molecular weight is 349 g/mol. The van der Waals surface area contributed by atoms with E-state index in [0.717, 1.165) is 5.56 Å². The predicted molar refractivity (Wildman–Crippen MR) is 102 cm³/mol. The third kappa shape index (κ3) is 3.32. The lowest BCUT2D eigenvalue weighted by molar-refractivity contribution is 0.0949. The van der Waals surface area contributed by atoms with Gasteiger partial charge in [-0.2, -0.15) is 10.2 Å². The Hall–Kier alpha value is -3.48. The van der Waals surface area contributed by atoms with Crippen LogP contribution < -0.4 is 16.7 Å².